The van der Waals surface area contributed by atoms with Gasteiger partial charge in [-0.05, 0) is 115 Å². The summed E-state index contributed by atoms with van der Waals surface area (Å²) in [6.45, 7) is 29.6. The van der Waals surface area contributed by atoms with Gasteiger partial charge in [0, 0.05) is 61.3 Å². The van der Waals surface area contributed by atoms with Crippen molar-refractivity contribution in [2.24, 2.45) is 0 Å². The predicted octanol–water partition coefficient (Wildman–Crippen LogP) is 16.6. The van der Waals surface area contributed by atoms with Crippen molar-refractivity contribution < 1.29 is 25.8 Å². The quantitative estimate of drug-likeness (QED) is 0.135. The molecule has 336 valence electrons. The molecule has 5 nitrogen and oxygen atoms in total. The summed E-state index contributed by atoms with van der Waals surface area (Å²) in [5.74, 6) is 3.24. The third kappa shape index (κ3) is 8.77. The van der Waals surface area contributed by atoms with Crippen LogP contribution in [-0.2, 0) is 31.9 Å². The van der Waals surface area contributed by atoms with E-state index in [-0.39, 0.29) is 31.9 Å². The van der Waals surface area contributed by atoms with E-state index >= 15 is 0 Å². The molecule has 0 N–H and O–H groups in total. The number of benzene rings is 6. The molecule has 0 atom stereocenters. The van der Waals surface area contributed by atoms with Gasteiger partial charge in [0.05, 0.1) is 0 Å². The van der Waals surface area contributed by atoms with E-state index in [9.17, 15) is 0 Å². The van der Waals surface area contributed by atoms with Gasteiger partial charge in [0.1, 0.15) is 5.82 Å². The first-order valence-corrected chi connectivity index (χ1v) is 22.9. The van der Waals surface area contributed by atoms with Gasteiger partial charge in [-0.3, -0.25) is 0 Å². The van der Waals surface area contributed by atoms with Crippen LogP contribution in [0.25, 0.3) is 38.8 Å². The van der Waals surface area contributed by atoms with Gasteiger partial charge in [-0.1, -0.05) is 137 Å². The number of para-hydroxylation sites is 1. The molecule has 0 unspecified atom stereocenters. The number of fused-ring (bicyclic) bond motifs is 4. The van der Waals surface area contributed by atoms with Crippen LogP contribution in [0.5, 0.6) is 11.5 Å². The van der Waals surface area contributed by atoms with Crippen LogP contribution in [0.4, 0.5) is 22.7 Å². The van der Waals surface area contributed by atoms with Crippen molar-refractivity contribution in [3.8, 4) is 28.4 Å². The molecular formula is C59H61N4OPt-3. The summed E-state index contributed by atoms with van der Waals surface area (Å²) in [7, 11) is 0. The molecule has 6 aromatic carbocycles. The van der Waals surface area contributed by atoms with Gasteiger partial charge in [0.25, 0.3) is 0 Å². The van der Waals surface area contributed by atoms with E-state index in [1.165, 1.54) is 38.9 Å². The molecule has 9 rings (SSSR count). The number of pyridine rings is 1. The van der Waals surface area contributed by atoms with Crippen LogP contribution in [0.3, 0.4) is 0 Å². The SMILES string of the molecule is CC(C)c1cc(C(C)C)c(-c2ccnc(-n3c4[c-]c(Oc5[c-]c(N6[CH-]N(c7cccc(C(C)(C)C)c7)c7cc(C(C)(C)C)ccc76)ccc5)ccc4c4ccccc43)c2)c(C(C)C)c1.[Pt]. The Hall–Kier alpha value is -5.64. The zero-order chi connectivity index (χ0) is 45.2. The Balaban J connectivity index is 0.00000576. The minimum Gasteiger partial charge on any atom is -0.509 e. The maximum Gasteiger partial charge on any atom is 0.136 e. The second-order valence-corrected chi connectivity index (χ2v) is 20.5. The van der Waals surface area contributed by atoms with Crippen LogP contribution >= 0.6 is 0 Å². The van der Waals surface area contributed by atoms with Crippen LogP contribution in [0, 0.1) is 18.8 Å². The van der Waals surface area contributed by atoms with Crippen molar-refractivity contribution in [2.75, 3.05) is 9.80 Å². The first-order valence-electron chi connectivity index (χ1n) is 22.9. The summed E-state index contributed by atoms with van der Waals surface area (Å²) >= 11 is 0. The van der Waals surface area contributed by atoms with Crippen molar-refractivity contribution in [1.82, 2.24) is 9.55 Å². The van der Waals surface area contributed by atoms with Crippen molar-refractivity contribution in [2.45, 2.75) is 112 Å². The van der Waals surface area contributed by atoms with Gasteiger partial charge in [0.15, 0.2) is 0 Å². The smallest absolute Gasteiger partial charge is 0.136 e. The largest absolute Gasteiger partial charge is 0.509 e. The number of aromatic nitrogens is 2. The molecular weight excluding hydrogens is 976 g/mol. The van der Waals surface area contributed by atoms with Gasteiger partial charge >= 0.3 is 0 Å². The first kappa shape index (κ1) is 45.9. The fourth-order valence-electron chi connectivity index (χ4n) is 9.06. The van der Waals surface area contributed by atoms with Crippen molar-refractivity contribution in [3.63, 3.8) is 0 Å². The zero-order valence-electron chi connectivity index (χ0n) is 39.9. The van der Waals surface area contributed by atoms with E-state index < -0.39 is 0 Å². The molecule has 0 radical (unpaired) electrons. The fourth-order valence-corrected chi connectivity index (χ4v) is 9.06. The molecule has 65 heavy (non-hydrogen) atoms. The second-order valence-electron chi connectivity index (χ2n) is 20.5. The number of hydrogen-bond donors (Lipinski definition) is 0. The molecule has 8 aromatic rings. The molecule has 0 spiro atoms. The third-order valence-electron chi connectivity index (χ3n) is 12.8. The Morgan fingerprint density at radius 1 is 0.585 bits per heavy atom. The van der Waals surface area contributed by atoms with E-state index in [4.69, 9.17) is 9.72 Å². The minimum atomic E-state index is -0.00234. The molecule has 0 aliphatic carbocycles. The number of ether oxygens (including phenoxy) is 1. The van der Waals surface area contributed by atoms with Crippen LogP contribution in [-0.4, -0.2) is 9.55 Å². The van der Waals surface area contributed by atoms with Gasteiger partial charge < -0.3 is 19.1 Å². The fraction of sp³-hybridized carbons (Fsp3) is 0.288. The molecule has 0 saturated heterocycles. The normalized spacial score (nSPS) is 13.1. The number of rotatable bonds is 9. The maximum atomic E-state index is 6.70. The van der Waals surface area contributed by atoms with E-state index in [1.807, 2.05) is 24.4 Å². The van der Waals surface area contributed by atoms with Gasteiger partial charge in [-0.25, -0.2) is 4.98 Å². The summed E-state index contributed by atoms with van der Waals surface area (Å²) in [6, 6.07) is 51.1. The maximum absolute atomic E-state index is 6.70. The molecule has 2 aromatic heterocycles. The summed E-state index contributed by atoms with van der Waals surface area (Å²) in [4.78, 5) is 9.56. The Kier molecular flexibility index (Phi) is 12.5. The zero-order valence-corrected chi connectivity index (χ0v) is 42.2. The van der Waals surface area contributed by atoms with Crippen molar-refractivity contribution in [1.29, 1.82) is 0 Å². The molecule has 3 heterocycles. The molecule has 0 saturated carbocycles. The van der Waals surface area contributed by atoms with E-state index in [0.717, 1.165) is 50.4 Å². The van der Waals surface area contributed by atoms with Gasteiger partial charge in [0.2, 0.25) is 0 Å². The summed E-state index contributed by atoms with van der Waals surface area (Å²) in [6.07, 6.45) is 1.95. The standard InChI is InChI=1S/C59H61N4O.Pt/c1-37(2)41-29-50(38(3)4)57(51(30-41)39(5)6)40-27-28-60-56(31-40)63-52-22-14-13-21-48(52)49-25-24-47(35-54(49)63)64-46-20-16-19-45(34-46)61-36-62(44-18-15-17-42(32-44)58(7,8)9)55-33-43(59(10,11)12)23-26-53(55)61;/h13-33,36-39H,1-12H3;/q-3;. The van der Waals surface area contributed by atoms with Gasteiger partial charge in [-0.15, -0.1) is 48.1 Å². The minimum absolute atomic E-state index is 0. The van der Waals surface area contributed by atoms with E-state index in [2.05, 4.69) is 219 Å². The predicted molar refractivity (Wildman–Crippen MR) is 269 cm³/mol. The third-order valence-corrected chi connectivity index (χ3v) is 12.8. The Morgan fingerprint density at radius 3 is 1.95 bits per heavy atom. The van der Waals surface area contributed by atoms with E-state index in [1.54, 1.807) is 0 Å². The summed E-state index contributed by atoms with van der Waals surface area (Å²) in [5.41, 5.74) is 15.4. The average molecular weight is 1040 g/mol. The topological polar surface area (TPSA) is 33.5 Å². The number of anilines is 4. The van der Waals surface area contributed by atoms with Gasteiger partial charge in [-0.2, -0.15) is 12.1 Å². The molecule has 0 amide bonds. The molecule has 6 heteroatoms. The van der Waals surface area contributed by atoms with Crippen molar-refractivity contribution in [3.05, 3.63) is 174 Å². The molecule has 1 aliphatic rings. The molecule has 0 fully saturated rings. The molecule has 1 aliphatic heterocycles. The Labute approximate surface area is 401 Å². The second kappa shape index (κ2) is 17.6. The summed E-state index contributed by atoms with van der Waals surface area (Å²) < 4.78 is 8.93. The number of hydrogen-bond acceptors (Lipinski definition) is 4. The van der Waals surface area contributed by atoms with Crippen molar-refractivity contribution >= 4 is 44.6 Å². The Morgan fingerprint density at radius 2 is 1.26 bits per heavy atom. The summed E-state index contributed by atoms with van der Waals surface area (Å²) in [5, 5.41) is 2.23. The van der Waals surface area contributed by atoms with Crippen LogP contribution in [0.1, 0.15) is 129 Å². The monoisotopic (exact) mass is 1040 g/mol. The van der Waals surface area contributed by atoms with E-state index in [0.29, 0.717) is 29.3 Å². The molecule has 0 bridgehead atoms. The number of nitrogens with zero attached hydrogens (tertiary/aromatic N) is 4. The van der Waals surface area contributed by atoms with Crippen LogP contribution in [0.15, 0.2) is 128 Å². The van der Waals surface area contributed by atoms with Crippen LogP contribution < -0.4 is 14.5 Å². The average Bonchev–Trinajstić information content (AvgIpc) is 3.81. The first-order chi connectivity index (χ1) is 30.5. The van der Waals surface area contributed by atoms with Crippen LogP contribution in [0.2, 0.25) is 0 Å². The Bertz CT molecular complexity index is 3010.